The Labute approximate surface area is 162 Å². The van der Waals surface area contributed by atoms with E-state index in [1.807, 2.05) is 23.1 Å². The Bertz CT molecular complexity index is 644. The van der Waals surface area contributed by atoms with Gasteiger partial charge in [0.15, 0.2) is 11.5 Å². The van der Waals surface area contributed by atoms with Crippen LogP contribution in [0.5, 0.6) is 11.5 Å². The number of rotatable bonds is 5. The zero-order valence-corrected chi connectivity index (χ0v) is 16.9. The Morgan fingerprint density at radius 3 is 2.41 bits per heavy atom. The van der Waals surface area contributed by atoms with Crippen LogP contribution in [0, 0.1) is 0 Å². The van der Waals surface area contributed by atoms with E-state index in [0.29, 0.717) is 6.04 Å². The van der Waals surface area contributed by atoms with Gasteiger partial charge in [0.2, 0.25) is 5.91 Å². The van der Waals surface area contributed by atoms with Crippen LogP contribution in [0.1, 0.15) is 13.8 Å². The van der Waals surface area contributed by atoms with E-state index in [2.05, 4.69) is 29.0 Å². The molecule has 1 atom stereocenters. The lowest BCUT2D eigenvalue weighted by atomic mass is 10.1. The van der Waals surface area contributed by atoms with Crippen LogP contribution in [0.15, 0.2) is 18.2 Å². The first kappa shape index (κ1) is 19.8. The van der Waals surface area contributed by atoms with Gasteiger partial charge in [-0.2, -0.15) is 0 Å². The van der Waals surface area contributed by atoms with Crippen molar-refractivity contribution in [1.29, 1.82) is 0 Å². The zero-order chi connectivity index (χ0) is 19.4. The molecule has 2 heterocycles. The van der Waals surface area contributed by atoms with Gasteiger partial charge in [-0.1, -0.05) is 0 Å². The molecule has 1 aromatic rings. The molecule has 27 heavy (non-hydrogen) atoms. The molecule has 0 bridgehead atoms. The van der Waals surface area contributed by atoms with Crippen molar-refractivity contribution in [2.24, 2.45) is 0 Å². The van der Waals surface area contributed by atoms with E-state index in [4.69, 9.17) is 9.47 Å². The molecular formula is C20H32N4O3. The second-order valence-corrected chi connectivity index (χ2v) is 7.45. The number of carbonyl (C=O) groups excluding carboxylic acids is 1. The number of amides is 1. The molecule has 7 nitrogen and oxygen atoms in total. The molecule has 1 N–H and O–H groups in total. The van der Waals surface area contributed by atoms with Gasteiger partial charge >= 0.3 is 0 Å². The van der Waals surface area contributed by atoms with Crippen LogP contribution in [-0.2, 0) is 4.79 Å². The summed E-state index contributed by atoms with van der Waals surface area (Å²) in [6.45, 7) is 10.2. The summed E-state index contributed by atoms with van der Waals surface area (Å²) < 4.78 is 10.7. The molecule has 0 aliphatic carbocycles. The number of piperazine rings is 2. The smallest absolute Gasteiger partial charge is 0.241 e. The number of carbonyl (C=O) groups is 1. The van der Waals surface area contributed by atoms with Gasteiger partial charge in [-0.25, -0.2) is 0 Å². The molecule has 0 unspecified atom stereocenters. The van der Waals surface area contributed by atoms with Crippen molar-refractivity contribution in [2.75, 3.05) is 64.9 Å². The minimum atomic E-state index is -0.0891. The van der Waals surface area contributed by atoms with Crippen LogP contribution in [-0.4, -0.2) is 87.8 Å². The van der Waals surface area contributed by atoms with Crippen LogP contribution in [0.25, 0.3) is 0 Å². The summed E-state index contributed by atoms with van der Waals surface area (Å²) in [4.78, 5) is 19.6. The summed E-state index contributed by atoms with van der Waals surface area (Å²) >= 11 is 0. The van der Waals surface area contributed by atoms with E-state index in [1.54, 1.807) is 14.2 Å². The minimum Gasteiger partial charge on any atom is -0.493 e. The second kappa shape index (κ2) is 8.80. The van der Waals surface area contributed by atoms with Gasteiger partial charge in [-0.3, -0.25) is 9.69 Å². The molecular weight excluding hydrogens is 344 g/mol. The van der Waals surface area contributed by atoms with Gasteiger partial charge in [0.1, 0.15) is 0 Å². The third-order valence-electron chi connectivity index (χ3n) is 5.56. The summed E-state index contributed by atoms with van der Waals surface area (Å²) in [5.41, 5.74) is 1.10. The van der Waals surface area contributed by atoms with Crippen molar-refractivity contribution < 1.29 is 14.3 Å². The van der Waals surface area contributed by atoms with Crippen molar-refractivity contribution in [3.63, 3.8) is 0 Å². The minimum absolute atomic E-state index is 0.0891. The van der Waals surface area contributed by atoms with E-state index < -0.39 is 0 Å². The molecule has 7 heteroatoms. The quantitative estimate of drug-likeness (QED) is 0.829. The Hall–Kier alpha value is -1.99. The van der Waals surface area contributed by atoms with E-state index in [0.717, 1.165) is 63.0 Å². The van der Waals surface area contributed by atoms with E-state index >= 15 is 0 Å². The highest BCUT2D eigenvalue weighted by Gasteiger charge is 2.31. The Morgan fingerprint density at radius 2 is 1.78 bits per heavy atom. The first-order valence-electron chi connectivity index (χ1n) is 9.76. The molecule has 1 aromatic carbocycles. The molecule has 2 aliphatic rings. The molecule has 1 amide bonds. The lowest BCUT2D eigenvalue weighted by Gasteiger charge is -2.41. The van der Waals surface area contributed by atoms with Crippen molar-refractivity contribution >= 4 is 11.6 Å². The van der Waals surface area contributed by atoms with Gasteiger partial charge in [0.05, 0.1) is 20.3 Å². The predicted molar refractivity (Wildman–Crippen MR) is 107 cm³/mol. The number of benzene rings is 1. The van der Waals surface area contributed by atoms with Crippen molar-refractivity contribution in [3.8, 4) is 11.5 Å². The van der Waals surface area contributed by atoms with Crippen LogP contribution in [0.3, 0.4) is 0 Å². The summed E-state index contributed by atoms with van der Waals surface area (Å²) in [6, 6.07) is 6.36. The largest absolute Gasteiger partial charge is 0.493 e. The maximum atomic E-state index is 12.9. The zero-order valence-electron chi connectivity index (χ0n) is 16.9. The lowest BCUT2D eigenvalue weighted by Crippen LogP contribution is -2.61. The number of nitrogens with zero attached hydrogens (tertiary/aromatic N) is 3. The highest BCUT2D eigenvalue weighted by atomic mass is 16.5. The first-order valence-corrected chi connectivity index (χ1v) is 9.76. The normalized spacial score (nSPS) is 21.4. The molecule has 0 radical (unpaired) electrons. The van der Waals surface area contributed by atoms with Crippen molar-refractivity contribution in [2.45, 2.75) is 25.9 Å². The number of nitrogens with one attached hydrogen (secondary N) is 1. The van der Waals surface area contributed by atoms with E-state index in [1.165, 1.54) is 0 Å². The maximum Gasteiger partial charge on any atom is 0.241 e. The molecule has 2 fully saturated rings. The fourth-order valence-electron chi connectivity index (χ4n) is 3.83. The summed E-state index contributed by atoms with van der Waals surface area (Å²) in [5, 5.41) is 3.39. The summed E-state index contributed by atoms with van der Waals surface area (Å²) in [6.07, 6.45) is 0. The predicted octanol–water partition coefficient (Wildman–Crippen LogP) is 1.03. The average molecular weight is 377 g/mol. The van der Waals surface area contributed by atoms with E-state index in [-0.39, 0.29) is 11.9 Å². The van der Waals surface area contributed by atoms with Crippen LogP contribution >= 0.6 is 0 Å². The molecule has 150 valence electrons. The fraction of sp³-hybridized carbons (Fsp3) is 0.650. The van der Waals surface area contributed by atoms with Crippen LogP contribution in [0.2, 0.25) is 0 Å². The topological polar surface area (TPSA) is 57.3 Å². The van der Waals surface area contributed by atoms with Gasteiger partial charge in [-0.15, -0.1) is 0 Å². The molecule has 2 aliphatic heterocycles. The summed E-state index contributed by atoms with van der Waals surface area (Å²) in [5.74, 6) is 1.69. The van der Waals surface area contributed by atoms with Crippen molar-refractivity contribution in [3.05, 3.63) is 18.2 Å². The average Bonchev–Trinajstić information content (AvgIpc) is 2.72. The molecule has 3 rings (SSSR count). The standard InChI is InChI=1S/C20H32N4O3/c1-15(2)24-8-7-21-17(14-24)20(25)23-11-9-22(10-12-23)16-5-6-18(26-3)19(13-16)27-4/h5-6,13,15,17,21H,7-12,14H2,1-4H3/t17-/m1/s1. The lowest BCUT2D eigenvalue weighted by molar-refractivity contribution is -0.135. The number of anilines is 1. The fourth-order valence-corrected chi connectivity index (χ4v) is 3.83. The van der Waals surface area contributed by atoms with Gasteiger partial charge in [0.25, 0.3) is 0 Å². The van der Waals surface area contributed by atoms with Crippen LogP contribution in [0.4, 0.5) is 5.69 Å². The number of methoxy groups -OCH3 is 2. The Balaban J connectivity index is 1.58. The van der Waals surface area contributed by atoms with Crippen LogP contribution < -0.4 is 19.7 Å². The van der Waals surface area contributed by atoms with Gasteiger partial charge in [-0.05, 0) is 26.0 Å². The third kappa shape index (κ3) is 4.47. The molecule has 2 saturated heterocycles. The number of ether oxygens (including phenoxy) is 2. The second-order valence-electron chi connectivity index (χ2n) is 7.45. The number of hydrogen-bond acceptors (Lipinski definition) is 6. The first-order chi connectivity index (χ1) is 13.0. The summed E-state index contributed by atoms with van der Waals surface area (Å²) in [7, 11) is 3.29. The molecule has 0 spiro atoms. The van der Waals surface area contributed by atoms with Gasteiger partial charge < -0.3 is 24.6 Å². The SMILES string of the molecule is COc1ccc(N2CCN(C(=O)[C@H]3CN(C(C)C)CCN3)CC2)cc1OC. The third-order valence-corrected chi connectivity index (χ3v) is 5.56. The molecule has 0 saturated carbocycles. The highest BCUT2D eigenvalue weighted by Crippen LogP contribution is 2.31. The monoisotopic (exact) mass is 376 g/mol. The Morgan fingerprint density at radius 1 is 1.07 bits per heavy atom. The molecule has 0 aromatic heterocycles. The van der Waals surface area contributed by atoms with Gasteiger partial charge in [0, 0.05) is 63.6 Å². The Kier molecular flexibility index (Phi) is 6.44. The number of hydrogen-bond donors (Lipinski definition) is 1. The van der Waals surface area contributed by atoms with Crippen molar-refractivity contribution in [1.82, 2.24) is 15.1 Å². The highest BCUT2D eigenvalue weighted by molar-refractivity contribution is 5.82. The van der Waals surface area contributed by atoms with E-state index in [9.17, 15) is 4.79 Å². The maximum absolute atomic E-state index is 12.9.